The first-order valence-corrected chi connectivity index (χ1v) is 8.03. The van der Waals surface area contributed by atoms with Crippen molar-refractivity contribution in [2.24, 2.45) is 0 Å². The fraction of sp³-hybridized carbons (Fsp3) is 0.400. The molecule has 0 fully saturated rings. The monoisotopic (exact) mass is 317 g/mol. The fourth-order valence-electron chi connectivity index (χ4n) is 1.23. The zero-order chi connectivity index (χ0) is 15.0. The van der Waals surface area contributed by atoms with Crippen molar-refractivity contribution in [2.45, 2.75) is 11.3 Å². The molecule has 0 atom stereocenters. The molecule has 1 aromatic heterocycles. The zero-order valence-corrected chi connectivity index (χ0v) is 11.8. The molecule has 0 bridgehead atoms. The summed E-state index contributed by atoms with van der Waals surface area (Å²) in [6, 6.07) is 1.08. The van der Waals surface area contributed by atoms with Crippen molar-refractivity contribution in [3.05, 3.63) is 16.8 Å². The Balaban J connectivity index is 3.46. The van der Waals surface area contributed by atoms with Crippen LogP contribution in [0.4, 0.5) is 13.2 Å². The topological polar surface area (TPSA) is 59.4 Å². The average Bonchev–Trinajstić information content (AvgIpc) is 2.11. The van der Waals surface area contributed by atoms with Crippen molar-refractivity contribution < 1.29 is 27.8 Å². The molecule has 1 rings (SSSR count). The number of pyridine rings is 1. The number of carbonyl (C=O) groups is 1. The first kappa shape index (κ1) is 15.9. The number of hydrogen-bond donors (Lipinski definition) is 1. The van der Waals surface area contributed by atoms with Crippen LogP contribution >= 0.6 is 21.6 Å². The van der Waals surface area contributed by atoms with E-state index in [1.807, 2.05) is 0 Å². The molecule has 0 aliphatic heterocycles. The number of hydrogen-bond acceptors (Lipinski definition) is 3. The van der Waals surface area contributed by atoms with Crippen LogP contribution in [-0.4, -0.2) is 41.2 Å². The van der Waals surface area contributed by atoms with Crippen molar-refractivity contribution >= 4 is 27.6 Å². The molecule has 0 saturated carbocycles. The minimum atomic E-state index is -4.92. The van der Waals surface area contributed by atoms with Crippen LogP contribution in [0, 0.1) is 0 Å². The molecular weight excluding hydrogens is 307 g/mol. The van der Waals surface area contributed by atoms with Crippen LogP contribution < -0.4 is 4.74 Å². The minimum Gasteiger partial charge on any atom is -0.478 e. The molecule has 19 heavy (non-hydrogen) atoms. The fourth-order valence-corrected chi connectivity index (χ4v) is 2.52. The standard InChI is InChI=1S/C10H11ClF3NO3S/c1-19(2,3)6-4-5(9(16)17)7(11)15-8(6)18-10(12,13)14/h4H,1-3H3,(H,16,17). The van der Waals surface area contributed by atoms with Crippen molar-refractivity contribution in [2.75, 3.05) is 18.8 Å². The Morgan fingerprint density at radius 1 is 1.42 bits per heavy atom. The average molecular weight is 318 g/mol. The van der Waals surface area contributed by atoms with Crippen LogP contribution in [0.25, 0.3) is 0 Å². The van der Waals surface area contributed by atoms with Gasteiger partial charge in [0.25, 0.3) is 0 Å². The lowest BCUT2D eigenvalue weighted by molar-refractivity contribution is -0.277. The van der Waals surface area contributed by atoms with E-state index in [1.54, 1.807) is 18.8 Å². The number of rotatable bonds is 3. The summed E-state index contributed by atoms with van der Waals surface area (Å²) < 4.78 is 40.7. The molecule has 1 aromatic rings. The maximum absolute atomic E-state index is 12.3. The van der Waals surface area contributed by atoms with Gasteiger partial charge in [0.1, 0.15) is 5.15 Å². The van der Waals surface area contributed by atoms with E-state index in [9.17, 15) is 18.0 Å². The molecule has 0 radical (unpaired) electrons. The van der Waals surface area contributed by atoms with Crippen LogP contribution in [0.2, 0.25) is 5.15 Å². The van der Waals surface area contributed by atoms with Gasteiger partial charge in [0.2, 0.25) is 5.88 Å². The van der Waals surface area contributed by atoms with E-state index in [4.69, 9.17) is 16.7 Å². The highest BCUT2D eigenvalue weighted by Crippen LogP contribution is 2.51. The zero-order valence-electron chi connectivity index (χ0n) is 10.2. The SMILES string of the molecule is CS(C)(C)c1cc(C(=O)O)c(Cl)nc1OC(F)(F)F. The van der Waals surface area contributed by atoms with Crippen LogP contribution in [-0.2, 0) is 0 Å². The van der Waals surface area contributed by atoms with Crippen LogP contribution in [0.1, 0.15) is 10.4 Å². The van der Waals surface area contributed by atoms with E-state index >= 15 is 0 Å². The molecule has 0 aromatic carbocycles. The molecule has 4 nitrogen and oxygen atoms in total. The number of ether oxygens (including phenoxy) is 1. The summed E-state index contributed by atoms with van der Waals surface area (Å²) in [5.74, 6) is -2.06. The van der Waals surface area contributed by atoms with Crippen molar-refractivity contribution in [1.82, 2.24) is 4.98 Å². The molecular formula is C10H11ClF3NO3S. The summed E-state index contributed by atoms with van der Waals surface area (Å²) in [6.07, 6.45) is 0.146. The van der Waals surface area contributed by atoms with Gasteiger partial charge in [0.15, 0.2) is 0 Å². The Morgan fingerprint density at radius 3 is 2.32 bits per heavy atom. The lowest BCUT2D eigenvalue weighted by atomic mass is 10.3. The van der Waals surface area contributed by atoms with Gasteiger partial charge in [-0.25, -0.2) is 14.8 Å². The van der Waals surface area contributed by atoms with E-state index in [0.717, 1.165) is 6.07 Å². The molecule has 9 heteroatoms. The van der Waals surface area contributed by atoms with Gasteiger partial charge in [-0.2, -0.15) is 4.98 Å². The number of halogens is 4. The molecule has 0 spiro atoms. The summed E-state index contributed by atoms with van der Waals surface area (Å²) in [5.41, 5.74) is -0.353. The predicted octanol–water partition coefficient (Wildman–Crippen LogP) is 3.38. The van der Waals surface area contributed by atoms with Gasteiger partial charge in [0, 0.05) is 0 Å². The van der Waals surface area contributed by atoms with E-state index in [-0.39, 0.29) is 10.5 Å². The number of alkyl halides is 3. The first-order chi connectivity index (χ1) is 8.42. The Bertz CT molecular complexity index is 514. The largest absolute Gasteiger partial charge is 0.574 e. The number of carboxylic acids is 1. The lowest BCUT2D eigenvalue weighted by Crippen LogP contribution is -2.20. The van der Waals surface area contributed by atoms with E-state index < -0.39 is 33.4 Å². The van der Waals surface area contributed by atoms with Crippen LogP contribution in [0.5, 0.6) is 5.88 Å². The van der Waals surface area contributed by atoms with Gasteiger partial charge in [0.05, 0.1) is 10.5 Å². The summed E-state index contributed by atoms with van der Waals surface area (Å²) in [6.45, 7) is 0. The Labute approximate surface area is 113 Å². The van der Waals surface area contributed by atoms with E-state index in [2.05, 4.69) is 9.72 Å². The Morgan fingerprint density at radius 2 is 1.95 bits per heavy atom. The number of aromatic nitrogens is 1. The predicted molar refractivity (Wildman–Crippen MR) is 66.5 cm³/mol. The van der Waals surface area contributed by atoms with Gasteiger partial charge in [-0.3, -0.25) is 0 Å². The van der Waals surface area contributed by atoms with Crippen molar-refractivity contribution in [3.8, 4) is 5.88 Å². The van der Waals surface area contributed by atoms with Crippen LogP contribution in [0.3, 0.4) is 0 Å². The van der Waals surface area contributed by atoms with Crippen molar-refractivity contribution in [3.63, 3.8) is 0 Å². The van der Waals surface area contributed by atoms with Crippen LogP contribution in [0.15, 0.2) is 11.0 Å². The third kappa shape index (κ3) is 4.17. The minimum absolute atomic E-state index is 0.0895. The number of carboxylic acid groups (broad SMARTS) is 1. The maximum Gasteiger partial charge on any atom is 0.574 e. The third-order valence-corrected chi connectivity index (χ3v) is 3.91. The van der Waals surface area contributed by atoms with Gasteiger partial charge in [-0.15, -0.1) is 13.2 Å². The Kier molecular flexibility index (Phi) is 4.26. The number of aromatic carboxylic acids is 1. The second-order valence-electron chi connectivity index (χ2n) is 4.32. The highest BCUT2D eigenvalue weighted by Gasteiger charge is 2.35. The number of nitrogens with zero attached hydrogens (tertiary/aromatic N) is 1. The lowest BCUT2D eigenvalue weighted by Gasteiger charge is -2.28. The summed E-state index contributed by atoms with van der Waals surface area (Å²) >= 11 is 5.55. The molecule has 0 aliphatic rings. The molecule has 1 heterocycles. The Hall–Kier alpha value is -1.15. The van der Waals surface area contributed by atoms with Crippen molar-refractivity contribution in [1.29, 1.82) is 0 Å². The first-order valence-electron chi connectivity index (χ1n) is 4.80. The molecule has 0 aliphatic carbocycles. The molecule has 0 saturated heterocycles. The molecule has 0 amide bonds. The van der Waals surface area contributed by atoms with Gasteiger partial charge in [-0.05, 0) is 24.8 Å². The normalized spacial score (nSPS) is 13.2. The maximum atomic E-state index is 12.3. The summed E-state index contributed by atoms with van der Waals surface area (Å²) in [7, 11) is -1.69. The second kappa shape index (κ2) is 5.09. The highest BCUT2D eigenvalue weighted by atomic mass is 35.5. The molecule has 108 valence electrons. The summed E-state index contributed by atoms with van der Waals surface area (Å²) in [5, 5.41) is 8.36. The second-order valence-corrected chi connectivity index (χ2v) is 8.79. The smallest absolute Gasteiger partial charge is 0.478 e. The van der Waals surface area contributed by atoms with Gasteiger partial charge in [-0.1, -0.05) is 11.6 Å². The van der Waals surface area contributed by atoms with E-state index in [0.29, 0.717) is 0 Å². The molecule has 0 unspecified atom stereocenters. The molecule has 1 N–H and O–H groups in total. The summed E-state index contributed by atoms with van der Waals surface area (Å²) in [4.78, 5) is 14.4. The highest BCUT2D eigenvalue weighted by molar-refractivity contribution is 8.32. The van der Waals surface area contributed by atoms with E-state index in [1.165, 1.54) is 0 Å². The third-order valence-electron chi connectivity index (χ3n) is 2.01. The van der Waals surface area contributed by atoms with Gasteiger partial charge < -0.3 is 9.84 Å². The quantitative estimate of drug-likeness (QED) is 0.868. The van der Waals surface area contributed by atoms with Gasteiger partial charge >= 0.3 is 12.3 Å².